The van der Waals surface area contributed by atoms with E-state index in [1.54, 1.807) is 38.1 Å². The van der Waals surface area contributed by atoms with Crippen molar-refractivity contribution in [1.29, 1.82) is 5.41 Å². The average Bonchev–Trinajstić information content (AvgIpc) is 2.86. The number of hydrogen-bond donors (Lipinski definition) is 4. The molecule has 0 saturated carbocycles. The molecule has 198 valence electrons. The Morgan fingerprint density at radius 2 is 1.89 bits per heavy atom. The van der Waals surface area contributed by atoms with E-state index in [1.807, 2.05) is 30.3 Å². The highest BCUT2D eigenvalue weighted by molar-refractivity contribution is 6.30. The van der Waals surface area contributed by atoms with Crippen molar-refractivity contribution in [2.24, 2.45) is 11.1 Å². The van der Waals surface area contributed by atoms with E-state index in [4.69, 9.17) is 27.5 Å². The Kier molecular flexibility index (Phi) is 8.94. The van der Waals surface area contributed by atoms with Crippen LogP contribution in [0.1, 0.15) is 25.8 Å². The van der Waals surface area contributed by atoms with E-state index in [-0.39, 0.29) is 44.2 Å². The first-order chi connectivity index (χ1) is 17.5. The second kappa shape index (κ2) is 11.7. The first kappa shape index (κ1) is 28.1. The fourth-order valence-corrected chi connectivity index (χ4v) is 4.47. The number of likely N-dealkylation sites (tertiary alicyclic amines) is 1. The fourth-order valence-electron chi connectivity index (χ4n) is 4.29. The number of carbonyl (C=O) groups is 3. The molecule has 0 radical (unpaired) electrons. The van der Waals surface area contributed by atoms with Gasteiger partial charge in [-0.25, -0.2) is 0 Å². The van der Waals surface area contributed by atoms with Gasteiger partial charge in [-0.05, 0) is 44.0 Å². The molecule has 3 rings (SSSR count). The van der Waals surface area contributed by atoms with E-state index < -0.39 is 28.8 Å². The topological polar surface area (TPSA) is 138 Å². The molecule has 2 aromatic carbocycles. The SMILES string of the molecule is CNC(=O)[C@]1(Cc2ccccc2)CN(C(=O)[C@@H](COc2cccc(Cl)c2)NC(=O)C(C)(C)N)CCC1=N. The first-order valence-corrected chi connectivity index (χ1v) is 12.4. The number of nitrogens with zero attached hydrogens (tertiary/aromatic N) is 1. The first-order valence-electron chi connectivity index (χ1n) is 12.1. The molecule has 1 aliphatic heterocycles. The molecular formula is C27H34ClN5O4. The van der Waals surface area contributed by atoms with Gasteiger partial charge in [0.15, 0.2) is 0 Å². The van der Waals surface area contributed by atoms with E-state index >= 15 is 0 Å². The van der Waals surface area contributed by atoms with Crippen molar-refractivity contribution in [3.63, 3.8) is 0 Å². The molecule has 37 heavy (non-hydrogen) atoms. The summed E-state index contributed by atoms with van der Waals surface area (Å²) < 4.78 is 5.80. The van der Waals surface area contributed by atoms with Crippen LogP contribution in [-0.2, 0) is 20.8 Å². The van der Waals surface area contributed by atoms with E-state index in [0.29, 0.717) is 10.8 Å². The van der Waals surface area contributed by atoms with Crippen LogP contribution in [0.2, 0.25) is 5.02 Å². The summed E-state index contributed by atoms with van der Waals surface area (Å²) in [6, 6.07) is 15.1. The van der Waals surface area contributed by atoms with Crippen molar-refractivity contribution in [2.75, 3.05) is 26.7 Å². The van der Waals surface area contributed by atoms with Gasteiger partial charge in [0.05, 0.1) is 5.54 Å². The van der Waals surface area contributed by atoms with Crippen LogP contribution in [0.15, 0.2) is 54.6 Å². The summed E-state index contributed by atoms with van der Waals surface area (Å²) in [5, 5.41) is 14.6. The van der Waals surface area contributed by atoms with Crippen LogP contribution in [0.5, 0.6) is 5.75 Å². The summed E-state index contributed by atoms with van der Waals surface area (Å²) in [6.45, 7) is 3.15. The highest BCUT2D eigenvalue weighted by Crippen LogP contribution is 2.32. The highest BCUT2D eigenvalue weighted by atomic mass is 35.5. The smallest absolute Gasteiger partial charge is 0.248 e. The number of nitrogens with two attached hydrogens (primary N) is 1. The molecule has 0 unspecified atom stereocenters. The molecule has 0 bridgehead atoms. The largest absolute Gasteiger partial charge is 0.491 e. The number of nitrogens with one attached hydrogen (secondary N) is 3. The number of carbonyl (C=O) groups excluding carboxylic acids is 3. The Hall–Kier alpha value is -3.43. The molecule has 5 N–H and O–H groups in total. The zero-order valence-corrected chi connectivity index (χ0v) is 22.1. The maximum Gasteiger partial charge on any atom is 0.248 e. The molecule has 0 spiro atoms. The maximum atomic E-state index is 13.8. The zero-order chi connectivity index (χ0) is 27.2. The number of benzene rings is 2. The molecule has 0 aliphatic carbocycles. The van der Waals surface area contributed by atoms with E-state index in [2.05, 4.69) is 10.6 Å². The third-order valence-corrected chi connectivity index (χ3v) is 6.63. The number of halogens is 1. The quantitative estimate of drug-likeness (QED) is 0.396. The molecule has 3 amide bonds. The summed E-state index contributed by atoms with van der Waals surface area (Å²) >= 11 is 6.04. The predicted molar refractivity (Wildman–Crippen MR) is 143 cm³/mol. The van der Waals surface area contributed by atoms with Gasteiger partial charge in [0.1, 0.15) is 23.8 Å². The average molecular weight is 528 g/mol. The van der Waals surface area contributed by atoms with E-state index in [9.17, 15) is 14.4 Å². The summed E-state index contributed by atoms with van der Waals surface area (Å²) in [4.78, 5) is 41.2. The van der Waals surface area contributed by atoms with Crippen LogP contribution < -0.4 is 21.1 Å². The van der Waals surface area contributed by atoms with Crippen molar-refractivity contribution in [3.8, 4) is 5.75 Å². The second-order valence-electron chi connectivity index (χ2n) is 9.83. The van der Waals surface area contributed by atoms with Gasteiger partial charge in [-0.2, -0.15) is 0 Å². The lowest BCUT2D eigenvalue weighted by atomic mass is 9.72. The number of rotatable bonds is 9. The van der Waals surface area contributed by atoms with Crippen molar-refractivity contribution >= 4 is 35.0 Å². The van der Waals surface area contributed by atoms with Gasteiger partial charge < -0.3 is 31.4 Å². The Morgan fingerprint density at radius 3 is 2.51 bits per heavy atom. The second-order valence-corrected chi connectivity index (χ2v) is 10.3. The van der Waals surface area contributed by atoms with Crippen LogP contribution in [0.4, 0.5) is 0 Å². The minimum atomic E-state index is -1.24. The fraction of sp³-hybridized carbons (Fsp3) is 0.407. The summed E-state index contributed by atoms with van der Waals surface area (Å²) in [7, 11) is 1.52. The van der Waals surface area contributed by atoms with Gasteiger partial charge >= 0.3 is 0 Å². The minimum absolute atomic E-state index is 0.00517. The van der Waals surface area contributed by atoms with Gasteiger partial charge in [0.25, 0.3) is 0 Å². The Labute approximate surface area is 222 Å². The minimum Gasteiger partial charge on any atom is -0.491 e. The number of amides is 3. The van der Waals surface area contributed by atoms with Gasteiger partial charge in [0.2, 0.25) is 17.7 Å². The number of hydrogen-bond acceptors (Lipinski definition) is 6. The van der Waals surface area contributed by atoms with Crippen molar-refractivity contribution in [1.82, 2.24) is 15.5 Å². The Morgan fingerprint density at radius 1 is 1.19 bits per heavy atom. The molecule has 1 fully saturated rings. The summed E-state index contributed by atoms with van der Waals surface area (Å²) in [5.74, 6) is -0.839. The van der Waals surface area contributed by atoms with Crippen LogP contribution in [0.25, 0.3) is 0 Å². The van der Waals surface area contributed by atoms with Crippen LogP contribution in [-0.4, -0.2) is 66.7 Å². The van der Waals surface area contributed by atoms with E-state index in [1.165, 1.54) is 11.9 Å². The molecule has 2 atom stereocenters. The third kappa shape index (κ3) is 6.87. The van der Waals surface area contributed by atoms with Gasteiger partial charge in [-0.3, -0.25) is 14.4 Å². The predicted octanol–water partition coefficient (Wildman–Crippen LogP) is 2.17. The lowest BCUT2D eigenvalue weighted by Gasteiger charge is -2.43. The highest BCUT2D eigenvalue weighted by Gasteiger charge is 2.48. The number of piperidine rings is 1. The summed E-state index contributed by atoms with van der Waals surface area (Å²) in [6.07, 6.45) is 0.492. The zero-order valence-electron chi connectivity index (χ0n) is 21.3. The molecule has 9 nitrogen and oxygen atoms in total. The van der Waals surface area contributed by atoms with Crippen LogP contribution in [0, 0.1) is 10.8 Å². The number of ether oxygens (including phenoxy) is 1. The Bertz CT molecular complexity index is 1140. The van der Waals surface area contributed by atoms with Crippen molar-refractivity contribution < 1.29 is 19.1 Å². The monoisotopic (exact) mass is 527 g/mol. The molecule has 0 aromatic heterocycles. The third-order valence-electron chi connectivity index (χ3n) is 6.39. The van der Waals surface area contributed by atoms with E-state index in [0.717, 1.165) is 5.56 Å². The Balaban J connectivity index is 1.88. The normalized spacial score (nSPS) is 18.6. The van der Waals surface area contributed by atoms with Crippen LogP contribution >= 0.6 is 11.6 Å². The molecule has 1 saturated heterocycles. The molecule has 2 aromatic rings. The molecule has 1 heterocycles. The lowest BCUT2D eigenvalue weighted by Crippen LogP contribution is -2.63. The summed E-state index contributed by atoms with van der Waals surface area (Å²) in [5.41, 5.74) is 4.64. The molecular weight excluding hydrogens is 494 g/mol. The maximum absolute atomic E-state index is 13.8. The van der Waals surface area contributed by atoms with Crippen LogP contribution in [0.3, 0.4) is 0 Å². The van der Waals surface area contributed by atoms with Gasteiger partial charge in [0, 0.05) is 37.3 Å². The lowest BCUT2D eigenvalue weighted by molar-refractivity contribution is -0.141. The van der Waals surface area contributed by atoms with Crippen molar-refractivity contribution in [3.05, 3.63) is 65.2 Å². The standard InChI is InChI=1S/C27H34ClN5O4/c1-26(2,30)24(35)32-21(16-37-20-11-7-10-19(28)14-20)23(34)33-13-12-22(29)27(17-33,25(36)31-3)15-18-8-5-4-6-9-18/h4-11,14,21,29H,12-13,15-17,30H2,1-3H3,(H,31,36)(H,32,35)/t21-,27-/m1/s1. The van der Waals surface area contributed by atoms with Crippen molar-refractivity contribution in [2.45, 2.75) is 38.3 Å². The molecule has 10 heteroatoms. The van der Waals surface area contributed by atoms with Gasteiger partial charge in [-0.15, -0.1) is 0 Å². The van der Waals surface area contributed by atoms with Gasteiger partial charge in [-0.1, -0.05) is 48.0 Å². The molecule has 1 aliphatic rings.